The second-order valence-electron chi connectivity index (χ2n) is 3.40. The van der Waals surface area contributed by atoms with E-state index in [1.165, 1.54) is 20.1 Å². The first-order chi connectivity index (χ1) is 7.52. The number of hydrogen-bond acceptors (Lipinski definition) is 4. The zero-order valence-electron chi connectivity index (χ0n) is 9.21. The zero-order chi connectivity index (χ0) is 12.3. The van der Waals surface area contributed by atoms with Crippen LogP contribution >= 0.6 is 0 Å². The maximum atomic E-state index is 13.6. The number of benzene rings is 1. The van der Waals surface area contributed by atoms with E-state index < -0.39 is 11.6 Å². The molecule has 0 spiro atoms. The Kier molecular flexibility index (Phi) is 3.84. The van der Waals surface area contributed by atoms with Crippen molar-refractivity contribution in [2.75, 3.05) is 13.7 Å². The molecule has 5 heteroatoms. The van der Waals surface area contributed by atoms with Gasteiger partial charge in [-0.2, -0.15) is 4.39 Å². The molecule has 0 fully saturated rings. The molecular weight excluding hydrogens is 213 g/mol. The molecule has 0 aliphatic rings. The summed E-state index contributed by atoms with van der Waals surface area (Å²) in [5.41, 5.74) is 5.66. The van der Waals surface area contributed by atoms with E-state index in [-0.39, 0.29) is 30.1 Å². The highest BCUT2D eigenvalue weighted by Crippen LogP contribution is 2.33. The molecule has 1 aromatic carbocycles. The van der Waals surface area contributed by atoms with Crippen LogP contribution in [-0.2, 0) is 0 Å². The summed E-state index contributed by atoms with van der Waals surface area (Å²) in [6, 6.07) is 1.40. The molecule has 0 radical (unpaired) electrons. The Labute approximate surface area is 92.8 Å². The van der Waals surface area contributed by atoms with Crippen molar-refractivity contribution in [3.8, 4) is 11.5 Å². The van der Waals surface area contributed by atoms with Gasteiger partial charge in [0.2, 0.25) is 5.82 Å². The molecule has 0 aromatic heterocycles. The molecule has 0 saturated heterocycles. The minimum absolute atomic E-state index is 0.111. The standard InChI is InChI=1S/C11H14FNO3/c1-6-5-7(8(14)3-4-13)11(16-2)9(12)10(6)15/h5,15H,3-4,13H2,1-2H3. The van der Waals surface area contributed by atoms with Crippen LogP contribution in [0.15, 0.2) is 6.07 Å². The lowest BCUT2D eigenvalue weighted by atomic mass is 10.0. The Morgan fingerprint density at radius 2 is 2.25 bits per heavy atom. The summed E-state index contributed by atoms with van der Waals surface area (Å²) in [5.74, 6) is -1.95. The molecule has 0 bridgehead atoms. The molecule has 88 valence electrons. The van der Waals surface area contributed by atoms with Crippen LogP contribution in [0, 0.1) is 12.7 Å². The van der Waals surface area contributed by atoms with Gasteiger partial charge in [0.15, 0.2) is 17.3 Å². The predicted octanol–water partition coefficient (Wildman–Crippen LogP) is 1.38. The number of phenolic OH excluding ortho intramolecular Hbond substituents is 1. The number of aryl methyl sites for hydroxylation is 1. The van der Waals surface area contributed by atoms with Crippen LogP contribution in [0.4, 0.5) is 4.39 Å². The van der Waals surface area contributed by atoms with E-state index in [0.29, 0.717) is 5.56 Å². The fourth-order valence-corrected chi connectivity index (χ4v) is 1.42. The highest BCUT2D eigenvalue weighted by molar-refractivity contribution is 5.99. The third kappa shape index (κ3) is 2.14. The summed E-state index contributed by atoms with van der Waals surface area (Å²) >= 11 is 0. The highest BCUT2D eigenvalue weighted by Gasteiger charge is 2.20. The number of aromatic hydroxyl groups is 1. The number of rotatable bonds is 4. The van der Waals surface area contributed by atoms with Crippen molar-refractivity contribution in [1.29, 1.82) is 0 Å². The third-order valence-corrected chi connectivity index (χ3v) is 2.26. The molecule has 0 saturated carbocycles. The fraction of sp³-hybridized carbons (Fsp3) is 0.364. The monoisotopic (exact) mass is 227 g/mol. The van der Waals surface area contributed by atoms with Crippen molar-refractivity contribution >= 4 is 5.78 Å². The van der Waals surface area contributed by atoms with Gasteiger partial charge >= 0.3 is 0 Å². The lowest BCUT2D eigenvalue weighted by molar-refractivity contribution is 0.0981. The SMILES string of the molecule is COc1c(C(=O)CCN)cc(C)c(O)c1F. The fourth-order valence-electron chi connectivity index (χ4n) is 1.42. The Hall–Kier alpha value is -1.62. The van der Waals surface area contributed by atoms with Gasteiger partial charge in [0.1, 0.15) is 0 Å². The lowest BCUT2D eigenvalue weighted by Gasteiger charge is -2.11. The Morgan fingerprint density at radius 3 is 2.75 bits per heavy atom. The molecule has 0 atom stereocenters. The number of phenols is 1. The molecular formula is C11H14FNO3. The lowest BCUT2D eigenvalue weighted by Crippen LogP contribution is -2.10. The Morgan fingerprint density at radius 1 is 1.62 bits per heavy atom. The van der Waals surface area contributed by atoms with Crippen LogP contribution in [0.3, 0.4) is 0 Å². The summed E-state index contributed by atoms with van der Waals surface area (Å²) in [7, 11) is 1.24. The van der Waals surface area contributed by atoms with Gasteiger partial charge in [-0.15, -0.1) is 0 Å². The largest absolute Gasteiger partial charge is 0.505 e. The summed E-state index contributed by atoms with van der Waals surface area (Å²) in [6.45, 7) is 1.70. The number of ether oxygens (including phenoxy) is 1. The minimum Gasteiger partial charge on any atom is -0.505 e. The van der Waals surface area contributed by atoms with E-state index in [1.807, 2.05) is 0 Å². The second kappa shape index (κ2) is 4.94. The van der Waals surface area contributed by atoms with Crippen LogP contribution in [0.5, 0.6) is 11.5 Å². The molecule has 0 unspecified atom stereocenters. The average molecular weight is 227 g/mol. The number of nitrogens with two attached hydrogens (primary N) is 1. The van der Waals surface area contributed by atoms with Crippen molar-refractivity contribution < 1.29 is 19.0 Å². The van der Waals surface area contributed by atoms with Crippen LogP contribution in [0.1, 0.15) is 22.3 Å². The molecule has 3 N–H and O–H groups in total. The van der Waals surface area contributed by atoms with Gasteiger partial charge in [0, 0.05) is 6.42 Å². The quantitative estimate of drug-likeness (QED) is 0.762. The van der Waals surface area contributed by atoms with E-state index >= 15 is 0 Å². The first-order valence-corrected chi connectivity index (χ1v) is 4.82. The summed E-state index contributed by atoms with van der Waals surface area (Å²) in [5, 5.41) is 9.36. The maximum absolute atomic E-state index is 13.6. The van der Waals surface area contributed by atoms with Crippen molar-refractivity contribution in [2.45, 2.75) is 13.3 Å². The van der Waals surface area contributed by atoms with E-state index in [0.717, 1.165) is 0 Å². The molecule has 0 aliphatic heterocycles. The van der Waals surface area contributed by atoms with Crippen molar-refractivity contribution in [3.05, 3.63) is 23.0 Å². The number of ketones is 1. The van der Waals surface area contributed by atoms with Crippen LogP contribution in [0.25, 0.3) is 0 Å². The molecule has 1 rings (SSSR count). The third-order valence-electron chi connectivity index (χ3n) is 2.26. The molecule has 4 nitrogen and oxygen atoms in total. The highest BCUT2D eigenvalue weighted by atomic mass is 19.1. The number of halogens is 1. The molecule has 0 heterocycles. The van der Waals surface area contributed by atoms with Crippen LogP contribution in [-0.4, -0.2) is 24.5 Å². The Balaban J connectivity index is 3.33. The number of hydrogen-bond donors (Lipinski definition) is 2. The van der Waals surface area contributed by atoms with Gasteiger partial charge in [-0.05, 0) is 25.1 Å². The van der Waals surface area contributed by atoms with Crippen molar-refractivity contribution in [2.24, 2.45) is 5.73 Å². The predicted molar refractivity (Wildman–Crippen MR) is 57.4 cm³/mol. The molecule has 0 amide bonds. The minimum atomic E-state index is -0.914. The van der Waals surface area contributed by atoms with E-state index in [2.05, 4.69) is 0 Å². The number of carbonyl (C=O) groups excluding carboxylic acids is 1. The zero-order valence-corrected chi connectivity index (χ0v) is 9.21. The number of methoxy groups -OCH3 is 1. The summed E-state index contributed by atoms with van der Waals surface area (Å²) < 4.78 is 18.3. The topological polar surface area (TPSA) is 72.5 Å². The molecule has 0 aliphatic carbocycles. The van der Waals surface area contributed by atoms with Crippen LogP contribution in [0.2, 0.25) is 0 Å². The normalized spacial score (nSPS) is 10.2. The summed E-state index contributed by atoms with van der Waals surface area (Å²) in [4.78, 5) is 11.6. The van der Waals surface area contributed by atoms with Gasteiger partial charge in [0.25, 0.3) is 0 Å². The Bertz CT molecular complexity index is 418. The molecule has 1 aromatic rings. The van der Waals surface area contributed by atoms with Gasteiger partial charge in [0.05, 0.1) is 12.7 Å². The van der Waals surface area contributed by atoms with Crippen molar-refractivity contribution in [3.63, 3.8) is 0 Å². The van der Waals surface area contributed by atoms with E-state index in [9.17, 15) is 14.3 Å². The first-order valence-electron chi connectivity index (χ1n) is 4.82. The van der Waals surface area contributed by atoms with Crippen LogP contribution < -0.4 is 10.5 Å². The maximum Gasteiger partial charge on any atom is 0.207 e. The van der Waals surface area contributed by atoms with Gasteiger partial charge in [-0.3, -0.25) is 4.79 Å². The summed E-state index contributed by atoms with van der Waals surface area (Å²) in [6.07, 6.45) is 0.111. The smallest absolute Gasteiger partial charge is 0.207 e. The second-order valence-corrected chi connectivity index (χ2v) is 3.40. The number of Topliss-reactive ketones (excluding diaryl/α,β-unsaturated/α-hetero) is 1. The average Bonchev–Trinajstić information content (AvgIpc) is 2.26. The number of carbonyl (C=O) groups is 1. The van der Waals surface area contributed by atoms with Gasteiger partial charge in [-0.25, -0.2) is 0 Å². The molecule has 16 heavy (non-hydrogen) atoms. The van der Waals surface area contributed by atoms with E-state index in [4.69, 9.17) is 10.5 Å². The van der Waals surface area contributed by atoms with Gasteiger partial charge in [-0.1, -0.05) is 0 Å². The van der Waals surface area contributed by atoms with Crippen molar-refractivity contribution in [1.82, 2.24) is 0 Å². The van der Waals surface area contributed by atoms with E-state index in [1.54, 1.807) is 0 Å². The first kappa shape index (κ1) is 12.4. The van der Waals surface area contributed by atoms with Gasteiger partial charge < -0.3 is 15.6 Å².